The normalized spacial score (nSPS) is 14.5. The van der Waals surface area contributed by atoms with Crippen LogP contribution in [0.2, 0.25) is 0 Å². The Morgan fingerprint density at radius 2 is 2.00 bits per heavy atom. The number of nitrogens with zero attached hydrogens (tertiary/aromatic N) is 2. The van der Waals surface area contributed by atoms with Crippen LogP contribution in [0.15, 0.2) is 12.4 Å². The van der Waals surface area contributed by atoms with Gasteiger partial charge in [-0.05, 0) is 33.2 Å². The van der Waals surface area contributed by atoms with Crippen LogP contribution in [-0.4, -0.2) is 28.7 Å². The van der Waals surface area contributed by atoms with Gasteiger partial charge in [0.05, 0.1) is 6.10 Å². The molecular formula is C12H22N4O. The lowest BCUT2D eigenvalue weighted by atomic mass is 10.0. The van der Waals surface area contributed by atoms with Crippen LogP contribution < -0.4 is 15.8 Å². The van der Waals surface area contributed by atoms with Gasteiger partial charge in [0.1, 0.15) is 12.1 Å². The second-order valence-corrected chi connectivity index (χ2v) is 4.55. The Morgan fingerprint density at radius 1 is 1.29 bits per heavy atom. The molecule has 5 heteroatoms. The van der Waals surface area contributed by atoms with Crippen LogP contribution in [0.4, 0.5) is 5.82 Å². The molecule has 0 aromatic carbocycles. The van der Waals surface area contributed by atoms with Gasteiger partial charge in [-0.1, -0.05) is 6.92 Å². The highest BCUT2D eigenvalue weighted by molar-refractivity contribution is 5.38. The van der Waals surface area contributed by atoms with E-state index in [-0.39, 0.29) is 12.1 Å². The van der Waals surface area contributed by atoms with E-state index in [4.69, 9.17) is 10.5 Å². The summed E-state index contributed by atoms with van der Waals surface area (Å²) in [6, 6.07) is 2.07. The Kier molecular flexibility index (Phi) is 5.15. The molecule has 0 saturated heterocycles. The highest BCUT2D eigenvalue weighted by Crippen LogP contribution is 2.15. The second-order valence-electron chi connectivity index (χ2n) is 4.55. The fraction of sp³-hybridized carbons (Fsp3) is 0.667. The molecule has 0 aliphatic rings. The van der Waals surface area contributed by atoms with Gasteiger partial charge in [0.15, 0.2) is 0 Å². The van der Waals surface area contributed by atoms with Gasteiger partial charge >= 0.3 is 0 Å². The van der Waals surface area contributed by atoms with E-state index in [0.717, 1.165) is 5.82 Å². The molecule has 2 atom stereocenters. The fourth-order valence-electron chi connectivity index (χ4n) is 1.30. The smallest absolute Gasteiger partial charge is 0.218 e. The van der Waals surface area contributed by atoms with Crippen molar-refractivity contribution in [2.24, 2.45) is 11.7 Å². The molecule has 1 aromatic rings. The Labute approximate surface area is 103 Å². The topological polar surface area (TPSA) is 73.1 Å². The Hall–Kier alpha value is -1.36. The van der Waals surface area contributed by atoms with Crippen molar-refractivity contribution in [2.45, 2.75) is 39.8 Å². The van der Waals surface area contributed by atoms with Crippen LogP contribution in [-0.2, 0) is 0 Å². The average Bonchev–Trinajstić information content (AvgIpc) is 2.27. The van der Waals surface area contributed by atoms with E-state index in [1.54, 1.807) is 6.07 Å². The second kappa shape index (κ2) is 6.39. The number of anilines is 1. The summed E-state index contributed by atoms with van der Waals surface area (Å²) in [5.74, 6) is 1.74. The Balaban J connectivity index is 2.65. The lowest BCUT2D eigenvalue weighted by Crippen LogP contribution is -2.29. The molecule has 1 heterocycles. The van der Waals surface area contributed by atoms with E-state index >= 15 is 0 Å². The van der Waals surface area contributed by atoms with Gasteiger partial charge in [-0.15, -0.1) is 0 Å². The van der Waals surface area contributed by atoms with Crippen molar-refractivity contribution in [1.29, 1.82) is 0 Å². The molecule has 0 spiro atoms. The predicted molar refractivity (Wildman–Crippen MR) is 69.1 cm³/mol. The van der Waals surface area contributed by atoms with Crippen LogP contribution in [0.25, 0.3) is 0 Å². The van der Waals surface area contributed by atoms with Gasteiger partial charge in [0, 0.05) is 12.1 Å². The van der Waals surface area contributed by atoms with Crippen LogP contribution in [0.3, 0.4) is 0 Å². The Bertz CT molecular complexity index is 343. The molecule has 0 aliphatic carbocycles. The molecule has 2 unspecified atom stereocenters. The molecule has 3 N–H and O–H groups in total. The quantitative estimate of drug-likeness (QED) is 0.788. The third-order valence-electron chi connectivity index (χ3n) is 2.60. The van der Waals surface area contributed by atoms with Gasteiger partial charge < -0.3 is 15.8 Å². The third kappa shape index (κ3) is 4.56. The number of hydrogen-bond donors (Lipinski definition) is 2. The van der Waals surface area contributed by atoms with E-state index in [9.17, 15) is 0 Å². The number of rotatable bonds is 6. The monoisotopic (exact) mass is 238 g/mol. The standard InChI is InChI=1S/C12H22N4O/c1-8(2)17-12-5-11(14-7-15-12)16-10(4)9(3)6-13/h5,7-10H,6,13H2,1-4H3,(H,14,15,16). The zero-order chi connectivity index (χ0) is 12.8. The summed E-state index contributed by atoms with van der Waals surface area (Å²) < 4.78 is 5.51. The Morgan fingerprint density at radius 3 is 2.59 bits per heavy atom. The van der Waals surface area contributed by atoms with Crippen LogP contribution >= 0.6 is 0 Å². The van der Waals surface area contributed by atoms with Crippen molar-refractivity contribution in [3.05, 3.63) is 12.4 Å². The summed E-state index contributed by atoms with van der Waals surface area (Å²) in [6.45, 7) is 8.77. The molecule has 0 bridgehead atoms. The maximum Gasteiger partial charge on any atom is 0.218 e. The largest absolute Gasteiger partial charge is 0.475 e. The minimum atomic E-state index is 0.109. The number of aromatic nitrogens is 2. The van der Waals surface area contributed by atoms with Crippen molar-refractivity contribution >= 4 is 5.82 Å². The predicted octanol–water partition coefficient (Wildman–Crippen LogP) is 1.66. The number of ether oxygens (including phenoxy) is 1. The lowest BCUT2D eigenvalue weighted by Gasteiger charge is -2.20. The van der Waals surface area contributed by atoms with Crippen molar-refractivity contribution in [1.82, 2.24) is 9.97 Å². The summed E-state index contributed by atoms with van der Waals surface area (Å²) in [5.41, 5.74) is 5.62. The van der Waals surface area contributed by atoms with E-state index in [0.29, 0.717) is 18.3 Å². The maximum absolute atomic E-state index is 5.62. The highest BCUT2D eigenvalue weighted by Gasteiger charge is 2.11. The van der Waals surface area contributed by atoms with Gasteiger partial charge in [0.2, 0.25) is 5.88 Å². The molecule has 1 rings (SSSR count). The minimum absolute atomic E-state index is 0.109. The van der Waals surface area contributed by atoms with Crippen molar-refractivity contribution in [3.63, 3.8) is 0 Å². The first-order valence-corrected chi connectivity index (χ1v) is 5.98. The number of nitrogens with two attached hydrogens (primary N) is 1. The van der Waals surface area contributed by atoms with Crippen molar-refractivity contribution in [3.8, 4) is 5.88 Å². The first-order valence-electron chi connectivity index (χ1n) is 5.98. The fourth-order valence-corrected chi connectivity index (χ4v) is 1.30. The molecule has 0 amide bonds. The van der Waals surface area contributed by atoms with E-state index < -0.39 is 0 Å². The van der Waals surface area contributed by atoms with Crippen LogP contribution in [0, 0.1) is 5.92 Å². The summed E-state index contributed by atoms with van der Waals surface area (Å²) in [5, 5.41) is 3.30. The maximum atomic E-state index is 5.62. The molecular weight excluding hydrogens is 216 g/mol. The summed E-state index contributed by atoms with van der Waals surface area (Å²) in [6.07, 6.45) is 1.61. The number of hydrogen-bond acceptors (Lipinski definition) is 5. The minimum Gasteiger partial charge on any atom is -0.475 e. The molecule has 17 heavy (non-hydrogen) atoms. The molecule has 0 radical (unpaired) electrons. The van der Waals surface area contributed by atoms with Gasteiger partial charge in [-0.2, -0.15) is 0 Å². The highest BCUT2D eigenvalue weighted by atomic mass is 16.5. The van der Waals surface area contributed by atoms with E-state index in [1.807, 2.05) is 13.8 Å². The van der Waals surface area contributed by atoms with Crippen molar-refractivity contribution < 1.29 is 4.74 Å². The summed E-state index contributed by atoms with van der Waals surface area (Å²) >= 11 is 0. The molecule has 96 valence electrons. The molecule has 0 aliphatic heterocycles. The molecule has 0 fully saturated rings. The van der Waals surface area contributed by atoms with Gasteiger partial charge in [-0.25, -0.2) is 9.97 Å². The molecule has 5 nitrogen and oxygen atoms in total. The first kappa shape index (κ1) is 13.7. The van der Waals surface area contributed by atoms with E-state index in [1.165, 1.54) is 6.33 Å². The molecule has 1 aromatic heterocycles. The van der Waals surface area contributed by atoms with Crippen molar-refractivity contribution in [2.75, 3.05) is 11.9 Å². The van der Waals surface area contributed by atoms with Gasteiger partial charge in [0.25, 0.3) is 0 Å². The lowest BCUT2D eigenvalue weighted by molar-refractivity contribution is 0.232. The van der Waals surface area contributed by atoms with E-state index in [2.05, 4.69) is 29.1 Å². The van der Waals surface area contributed by atoms with Crippen LogP contribution in [0.1, 0.15) is 27.7 Å². The average molecular weight is 238 g/mol. The first-order chi connectivity index (χ1) is 8.02. The third-order valence-corrected chi connectivity index (χ3v) is 2.60. The van der Waals surface area contributed by atoms with Gasteiger partial charge in [-0.3, -0.25) is 0 Å². The zero-order valence-corrected chi connectivity index (χ0v) is 11.0. The zero-order valence-electron chi connectivity index (χ0n) is 11.0. The summed E-state index contributed by atoms with van der Waals surface area (Å²) in [4.78, 5) is 8.21. The SMILES string of the molecule is CC(C)Oc1cc(NC(C)C(C)CN)ncn1. The number of nitrogens with one attached hydrogen (secondary N) is 1. The summed E-state index contributed by atoms with van der Waals surface area (Å²) in [7, 11) is 0. The molecule has 0 saturated carbocycles. The van der Waals surface area contributed by atoms with Crippen LogP contribution in [0.5, 0.6) is 5.88 Å².